The molecule has 0 unspecified atom stereocenters. The van der Waals surface area contributed by atoms with Gasteiger partial charge in [-0.15, -0.1) is 0 Å². The number of hydrogen-bond donors (Lipinski definition) is 1. The second kappa shape index (κ2) is 6.64. The lowest BCUT2D eigenvalue weighted by Gasteiger charge is -2.25. The Morgan fingerprint density at radius 1 is 1.57 bits per heavy atom. The molecule has 21 heavy (non-hydrogen) atoms. The molecule has 0 aromatic heterocycles. The molecule has 1 aliphatic heterocycles. The fraction of sp³-hybridized carbons (Fsp3) is 0.533. The number of carbonyl (C=O) groups excluding carboxylic acids is 1. The summed E-state index contributed by atoms with van der Waals surface area (Å²) < 4.78 is 5.32. The van der Waals surface area contributed by atoms with Crippen molar-refractivity contribution in [3.8, 4) is 5.75 Å². The molecule has 2 N–H and O–H groups in total. The Kier molecular flexibility index (Phi) is 5.08. The number of carbonyl (C=O) groups is 1. The summed E-state index contributed by atoms with van der Waals surface area (Å²) in [4.78, 5) is 16.3. The highest BCUT2D eigenvalue weighted by Gasteiger charge is 2.34. The van der Waals surface area contributed by atoms with Crippen LogP contribution in [0.15, 0.2) is 18.2 Å². The van der Waals surface area contributed by atoms with Crippen LogP contribution < -0.4 is 10.5 Å². The molecule has 1 aromatic rings. The number of ether oxygens (including phenoxy) is 1. The van der Waals surface area contributed by atoms with Crippen molar-refractivity contribution in [2.24, 2.45) is 5.73 Å². The van der Waals surface area contributed by atoms with Crippen LogP contribution in [0.3, 0.4) is 0 Å². The van der Waals surface area contributed by atoms with Crippen molar-refractivity contribution < 1.29 is 9.53 Å². The van der Waals surface area contributed by atoms with Gasteiger partial charge in [0.15, 0.2) is 0 Å². The molecule has 0 aliphatic carbocycles. The highest BCUT2D eigenvalue weighted by Crippen LogP contribution is 2.25. The Bertz CT molecular complexity index is 524. The summed E-state index contributed by atoms with van der Waals surface area (Å²) in [6.07, 6.45) is 0.701. The van der Waals surface area contributed by atoms with E-state index >= 15 is 0 Å². The third-order valence-corrected chi connectivity index (χ3v) is 4.13. The van der Waals surface area contributed by atoms with E-state index in [1.165, 1.54) is 0 Å². The van der Waals surface area contributed by atoms with Crippen LogP contribution in [0.25, 0.3) is 0 Å². The highest BCUT2D eigenvalue weighted by atomic mass is 35.5. The first kappa shape index (κ1) is 16.1. The van der Waals surface area contributed by atoms with E-state index < -0.39 is 0 Å². The third-order valence-electron chi connectivity index (χ3n) is 3.89. The molecule has 2 rings (SSSR count). The Morgan fingerprint density at radius 2 is 2.29 bits per heavy atom. The number of nitrogens with zero attached hydrogens (tertiary/aromatic N) is 2. The zero-order valence-corrected chi connectivity index (χ0v) is 13.4. The molecule has 6 heteroatoms. The van der Waals surface area contributed by atoms with Gasteiger partial charge in [0.25, 0.3) is 0 Å². The van der Waals surface area contributed by atoms with Crippen molar-refractivity contribution in [3.05, 3.63) is 28.8 Å². The smallest absolute Gasteiger partial charge is 0.240 e. The van der Waals surface area contributed by atoms with Crippen molar-refractivity contribution in [1.82, 2.24) is 9.80 Å². The zero-order chi connectivity index (χ0) is 15.6. The number of amides is 1. The lowest BCUT2D eigenvalue weighted by molar-refractivity contribution is -0.134. The second-order valence-corrected chi connectivity index (χ2v) is 6.04. The average molecular weight is 312 g/mol. The van der Waals surface area contributed by atoms with Crippen LogP contribution in [0.5, 0.6) is 5.75 Å². The quantitative estimate of drug-likeness (QED) is 0.911. The van der Waals surface area contributed by atoms with E-state index in [0.29, 0.717) is 18.0 Å². The van der Waals surface area contributed by atoms with E-state index in [9.17, 15) is 4.79 Å². The van der Waals surface area contributed by atoms with Crippen molar-refractivity contribution >= 4 is 17.5 Å². The first-order chi connectivity index (χ1) is 9.92. The Hall–Kier alpha value is -1.30. The van der Waals surface area contributed by atoms with E-state index in [1.807, 2.05) is 24.1 Å². The summed E-state index contributed by atoms with van der Waals surface area (Å²) in [6.45, 7) is 1.22. The maximum atomic E-state index is 12.5. The van der Waals surface area contributed by atoms with E-state index in [0.717, 1.165) is 17.9 Å². The Morgan fingerprint density at radius 3 is 2.86 bits per heavy atom. The molecule has 1 aromatic carbocycles. The largest absolute Gasteiger partial charge is 0.496 e. The zero-order valence-electron chi connectivity index (χ0n) is 12.7. The number of halogens is 1. The molecular weight excluding hydrogens is 290 g/mol. The number of likely N-dealkylation sites (tertiary alicyclic amines) is 1. The Balaban J connectivity index is 2.09. The summed E-state index contributed by atoms with van der Waals surface area (Å²) in [5.41, 5.74) is 6.82. The maximum Gasteiger partial charge on any atom is 0.240 e. The number of rotatable bonds is 4. The van der Waals surface area contributed by atoms with Gasteiger partial charge >= 0.3 is 0 Å². The first-order valence-electron chi connectivity index (χ1n) is 6.95. The van der Waals surface area contributed by atoms with Crippen molar-refractivity contribution in [3.63, 3.8) is 0 Å². The van der Waals surface area contributed by atoms with E-state index in [2.05, 4.69) is 0 Å². The molecule has 116 valence electrons. The van der Waals surface area contributed by atoms with Crippen LogP contribution in [-0.2, 0) is 11.3 Å². The topological polar surface area (TPSA) is 58.8 Å². The number of nitrogens with two attached hydrogens (primary N) is 1. The van der Waals surface area contributed by atoms with Gasteiger partial charge < -0.3 is 15.4 Å². The summed E-state index contributed by atoms with van der Waals surface area (Å²) in [6, 6.07) is 5.34. The minimum absolute atomic E-state index is 0.0676. The second-order valence-electron chi connectivity index (χ2n) is 5.60. The summed E-state index contributed by atoms with van der Waals surface area (Å²) >= 11 is 6.02. The number of likely N-dealkylation sites (N-methyl/N-ethyl adjacent to an activating group) is 2. The van der Waals surface area contributed by atoms with Crippen molar-refractivity contribution in [2.45, 2.75) is 25.0 Å². The molecule has 1 heterocycles. The van der Waals surface area contributed by atoms with Crippen LogP contribution in [0.4, 0.5) is 0 Å². The molecule has 1 amide bonds. The molecule has 0 spiro atoms. The lowest BCUT2D eigenvalue weighted by atomic mass is 10.1. The van der Waals surface area contributed by atoms with Crippen LogP contribution in [0, 0.1) is 0 Å². The molecule has 1 saturated heterocycles. The molecular formula is C15H22ClN3O2. The van der Waals surface area contributed by atoms with Crippen molar-refractivity contribution in [2.75, 3.05) is 27.7 Å². The number of methoxy groups -OCH3 is 1. The molecule has 1 fully saturated rings. The molecule has 0 radical (unpaired) electrons. The van der Waals surface area contributed by atoms with Gasteiger partial charge in [-0.3, -0.25) is 9.69 Å². The van der Waals surface area contributed by atoms with Crippen LogP contribution in [0.2, 0.25) is 5.02 Å². The standard InChI is InChI=1S/C15H22ClN3O2/c1-18-9-12(17)7-13(18)15(20)19(2)8-10-6-11(16)4-5-14(10)21-3/h4-6,12-13H,7-9,17H2,1-3H3/t12-,13-/m0/s1. The van der Waals surface area contributed by atoms with Crippen LogP contribution in [0.1, 0.15) is 12.0 Å². The predicted molar refractivity (Wildman–Crippen MR) is 83.5 cm³/mol. The minimum atomic E-state index is -0.143. The fourth-order valence-corrected chi connectivity index (χ4v) is 2.98. The van der Waals surface area contributed by atoms with E-state index in [4.69, 9.17) is 22.1 Å². The molecule has 2 atom stereocenters. The van der Waals surface area contributed by atoms with Crippen LogP contribution in [-0.4, -0.2) is 55.5 Å². The molecule has 0 bridgehead atoms. The number of benzene rings is 1. The van der Waals surface area contributed by atoms with Gasteiger partial charge in [-0.2, -0.15) is 0 Å². The van der Waals surface area contributed by atoms with Gasteiger partial charge in [-0.05, 0) is 31.7 Å². The van der Waals surface area contributed by atoms with E-state index in [1.54, 1.807) is 25.1 Å². The monoisotopic (exact) mass is 311 g/mol. The van der Waals surface area contributed by atoms with E-state index in [-0.39, 0.29) is 18.0 Å². The van der Waals surface area contributed by atoms with Gasteiger partial charge in [0.05, 0.1) is 13.2 Å². The first-order valence-corrected chi connectivity index (χ1v) is 7.33. The van der Waals surface area contributed by atoms with Crippen LogP contribution >= 0.6 is 11.6 Å². The summed E-state index contributed by atoms with van der Waals surface area (Å²) in [5.74, 6) is 0.808. The van der Waals surface area contributed by atoms with Gasteiger partial charge in [0, 0.05) is 36.8 Å². The Labute approximate surface area is 130 Å². The van der Waals surface area contributed by atoms with Gasteiger partial charge in [-0.25, -0.2) is 0 Å². The third kappa shape index (κ3) is 3.67. The molecule has 1 aliphatic rings. The molecule has 5 nitrogen and oxygen atoms in total. The maximum absolute atomic E-state index is 12.5. The lowest BCUT2D eigenvalue weighted by Crippen LogP contribution is -2.42. The van der Waals surface area contributed by atoms with Gasteiger partial charge in [0.1, 0.15) is 5.75 Å². The van der Waals surface area contributed by atoms with Gasteiger partial charge in [0.2, 0.25) is 5.91 Å². The number of hydrogen-bond acceptors (Lipinski definition) is 4. The van der Waals surface area contributed by atoms with Gasteiger partial charge in [-0.1, -0.05) is 11.6 Å². The summed E-state index contributed by atoms with van der Waals surface area (Å²) in [7, 11) is 5.34. The predicted octanol–water partition coefficient (Wildman–Crippen LogP) is 1.34. The fourth-order valence-electron chi connectivity index (χ4n) is 2.79. The molecule has 0 saturated carbocycles. The highest BCUT2D eigenvalue weighted by molar-refractivity contribution is 6.30. The average Bonchev–Trinajstić information content (AvgIpc) is 2.77. The SMILES string of the molecule is COc1ccc(Cl)cc1CN(C)C(=O)[C@@H]1C[C@H](N)CN1C. The summed E-state index contributed by atoms with van der Waals surface area (Å²) in [5, 5.41) is 0.631. The normalized spacial score (nSPS) is 22.3. The van der Waals surface area contributed by atoms with Crippen molar-refractivity contribution in [1.29, 1.82) is 0 Å². The minimum Gasteiger partial charge on any atom is -0.496 e.